The summed E-state index contributed by atoms with van der Waals surface area (Å²) in [6, 6.07) is 12.5. The lowest BCUT2D eigenvalue weighted by molar-refractivity contribution is -0.129. The molecule has 11 heteroatoms. The molecule has 0 bridgehead atoms. The smallest absolute Gasteiger partial charge is 0.243 e. The van der Waals surface area contributed by atoms with Crippen LogP contribution in [0.4, 0.5) is 4.39 Å². The summed E-state index contributed by atoms with van der Waals surface area (Å²) in [4.78, 5) is 18.7. The van der Waals surface area contributed by atoms with Crippen molar-refractivity contribution in [3.05, 3.63) is 66.7 Å². The quantitative estimate of drug-likeness (QED) is 0.474. The Kier molecular flexibility index (Phi) is 7.01. The van der Waals surface area contributed by atoms with Gasteiger partial charge in [0.15, 0.2) is 5.16 Å². The fourth-order valence-electron chi connectivity index (χ4n) is 3.53. The minimum atomic E-state index is -3.80. The molecule has 3 aromatic rings. The van der Waals surface area contributed by atoms with Gasteiger partial charge in [0.05, 0.1) is 23.4 Å². The van der Waals surface area contributed by atoms with E-state index in [1.807, 2.05) is 35.0 Å². The molecule has 4 rings (SSSR count). The fourth-order valence-corrected chi connectivity index (χ4v) is 5.86. The minimum Gasteiger partial charge on any atom is -0.497 e. The molecule has 0 spiro atoms. The summed E-state index contributed by atoms with van der Waals surface area (Å²) in [7, 11) is -2.20. The Hall–Kier alpha value is -2.89. The van der Waals surface area contributed by atoms with Gasteiger partial charge in [-0.25, -0.2) is 17.8 Å². The number of amides is 1. The molecule has 0 aliphatic carbocycles. The SMILES string of the molecule is COc1cccc(-n2ccnc2SCC(=O)N2CCN(S(=O)(=O)c3cccc(F)c3)CC2)c1. The maximum Gasteiger partial charge on any atom is 0.243 e. The van der Waals surface area contributed by atoms with E-state index in [9.17, 15) is 17.6 Å². The molecule has 0 saturated carbocycles. The number of imidazole rings is 1. The first kappa shape index (κ1) is 23.3. The van der Waals surface area contributed by atoms with Crippen LogP contribution in [-0.2, 0) is 14.8 Å². The molecule has 2 aromatic carbocycles. The molecule has 0 N–H and O–H groups in total. The Bertz CT molecular complexity index is 1240. The van der Waals surface area contributed by atoms with Crippen LogP contribution in [0.3, 0.4) is 0 Å². The highest BCUT2D eigenvalue weighted by molar-refractivity contribution is 7.99. The van der Waals surface area contributed by atoms with Crippen LogP contribution in [0.1, 0.15) is 0 Å². The van der Waals surface area contributed by atoms with Crippen molar-refractivity contribution in [1.82, 2.24) is 18.8 Å². The van der Waals surface area contributed by atoms with Gasteiger partial charge in [-0.3, -0.25) is 9.36 Å². The van der Waals surface area contributed by atoms with Gasteiger partial charge in [-0.15, -0.1) is 0 Å². The molecule has 0 unspecified atom stereocenters. The average molecular weight is 491 g/mol. The second-order valence-corrected chi connectivity index (χ2v) is 10.2. The number of piperazine rings is 1. The van der Waals surface area contributed by atoms with E-state index in [2.05, 4.69) is 4.98 Å². The lowest BCUT2D eigenvalue weighted by atomic mass is 10.3. The molecule has 0 radical (unpaired) electrons. The van der Waals surface area contributed by atoms with E-state index in [0.29, 0.717) is 5.16 Å². The Balaban J connectivity index is 1.35. The number of thioether (sulfide) groups is 1. The molecule has 1 fully saturated rings. The molecule has 1 amide bonds. The van der Waals surface area contributed by atoms with E-state index < -0.39 is 15.8 Å². The summed E-state index contributed by atoms with van der Waals surface area (Å²) >= 11 is 1.31. The third-order valence-electron chi connectivity index (χ3n) is 5.29. The summed E-state index contributed by atoms with van der Waals surface area (Å²) < 4.78 is 47.4. The number of sulfonamides is 1. The number of hydrogen-bond acceptors (Lipinski definition) is 6. The number of nitrogens with zero attached hydrogens (tertiary/aromatic N) is 4. The minimum absolute atomic E-state index is 0.0813. The van der Waals surface area contributed by atoms with E-state index in [1.54, 1.807) is 18.2 Å². The number of benzene rings is 2. The number of aromatic nitrogens is 2. The molecular formula is C22H23FN4O4S2. The van der Waals surface area contributed by atoms with Crippen LogP contribution in [0.5, 0.6) is 5.75 Å². The number of ether oxygens (including phenoxy) is 1. The second kappa shape index (κ2) is 9.94. The van der Waals surface area contributed by atoms with Crippen molar-refractivity contribution in [2.24, 2.45) is 0 Å². The van der Waals surface area contributed by atoms with Crippen LogP contribution in [0.25, 0.3) is 5.69 Å². The number of carbonyl (C=O) groups excluding carboxylic acids is 1. The Morgan fingerprint density at radius 1 is 1.12 bits per heavy atom. The number of halogens is 1. The topological polar surface area (TPSA) is 84.7 Å². The third kappa shape index (κ3) is 5.21. The van der Waals surface area contributed by atoms with Gasteiger partial charge in [0.1, 0.15) is 11.6 Å². The molecule has 174 valence electrons. The zero-order valence-electron chi connectivity index (χ0n) is 17.9. The van der Waals surface area contributed by atoms with Crippen LogP contribution < -0.4 is 4.74 Å². The molecule has 1 aliphatic heterocycles. The molecule has 2 heterocycles. The first-order valence-corrected chi connectivity index (χ1v) is 12.6. The van der Waals surface area contributed by atoms with Gasteiger partial charge >= 0.3 is 0 Å². The Labute approximate surface area is 196 Å². The lowest BCUT2D eigenvalue weighted by Gasteiger charge is -2.34. The van der Waals surface area contributed by atoms with Gasteiger partial charge in [-0.05, 0) is 30.3 Å². The van der Waals surface area contributed by atoms with E-state index in [0.717, 1.165) is 17.5 Å². The van der Waals surface area contributed by atoms with E-state index in [-0.39, 0.29) is 42.7 Å². The second-order valence-electron chi connectivity index (χ2n) is 7.31. The predicted octanol–water partition coefficient (Wildman–Crippen LogP) is 2.65. The van der Waals surface area contributed by atoms with Crippen LogP contribution >= 0.6 is 11.8 Å². The molecule has 0 atom stereocenters. The third-order valence-corrected chi connectivity index (χ3v) is 8.13. The van der Waals surface area contributed by atoms with E-state index in [4.69, 9.17) is 4.74 Å². The normalized spacial score (nSPS) is 14.9. The highest BCUT2D eigenvalue weighted by Gasteiger charge is 2.30. The monoisotopic (exact) mass is 490 g/mol. The van der Waals surface area contributed by atoms with Crippen LogP contribution in [0.2, 0.25) is 0 Å². The van der Waals surface area contributed by atoms with Gasteiger partial charge in [0, 0.05) is 44.6 Å². The van der Waals surface area contributed by atoms with Crippen LogP contribution in [0.15, 0.2) is 71.0 Å². The lowest BCUT2D eigenvalue weighted by Crippen LogP contribution is -2.51. The first-order valence-electron chi connectivity index (χ1n) is 10.2. The van der Waals surface area contributed by atoms with Gasteiger partial charge in [0.25, 0.3) is 0 Å². The number of carbonyl (C=O) groups is 1. The van der Waals surface area contributed by atoms with Crippen molar-refractivity contribution in [2.75, 3.05) is 39.0 Å². The fraction of sp³-hybridized carbons (Fsp3) is 0.273. The number of hydrogen-bond donors (Lipinski definition) is 0. The zero-order chi connectivity index (χ0) is 23.4. The molecule has 8 nitrogen and oxygen atoms in total. The molecule has 33 heavy (non-hydrogen) atoms. The van der Waals surface area contributed by atoms with Crippen molar-refractivity contribution in [2.45, 2.75) is 10.1 Å². The molecule has 1 aromatic heterocycles. The van der Waals surface area contributed by atoms with Crippen molar-refractivity contribution in [1.29, 1.82) is 0 Å². The Morgan fingerprint density at radius 2 is 1.88 bits per heavy atom. The highest BCUT2D eigenvalue weighted by atomic mass is 32.2. The predicted molar refractivity (Wildman–Crippen MR) is 123 cm³/mol. The van der Waals surface area contributed by atoms with Crippen LogP contribution in [-0.4, -0.2) is 72.1 Å². The number of methoxy groups -OCH3 is 1. The van der Waals surface area contributed by atoms with Gasteiger partial charge in [-0.1, -0.05) is 23.9 Å². The van der Waals surface area contributed by atoms with Crippen molar-refractivity contribution in [3.63, 3.8) is 0 Å². The average Bonchev–Trinajstić information content (AvgIpc) is 3.31. The first-order chi connectivity index (χ1) is 15.9. The van der Waals surface area contributed by atoms with Crippen molar-refractivity contribution in [3.8, 4) is 11.4 Å². The van der Waals surface area contributed by atoms with Gasteiger partial charge in [-0.2, -0.15) is 4.31 Å². The maximum atomic E-state index is 13.5. The summed E-state index contributed by atoms with van der Waals surface area (Å²) in [6.45, 7) is 0.873. The highest BCUT2D eigenvalue weighted by Crippen LogP contribution is 2.24. The summed E-state index contributed by atoms with van der Waals surface area (Å²) in [5, 5.41) is 0.670. The summed E-state index contributed by atoms with van der Waals surface area (Å²) in [5.41, 5.74) is 0.873. The standard InChI is InChI=1S/C22H23FN4O4S2/c1-31-19-6-3-5-18(15-19)27-9-8-24-22(27)32-16-21(28)25-10-12-26(13-11-25)33(29,30)20-7-2-4-17(23)14-20/h2-9,14-15H,10-13,16H2,1H3. The van der Waals surface area contributed by atoms with Crippen molar-refractivity contribution < 1.29 is 22.3 Å². The summed E-state index contributed by atoms with van der Waals surface area (Å²) in [5.74, 6) is 0.203. The molecular weight excluding hydrogens is 467 g/mol. The summed E-state index contributed by atoms with van der Waals surface area (Å²) in [6.07, 6.45) is 3.49. The number of rotatable bonds is 7. The zero-order valence-corrected chi connectivity index (χ0v) is 19.6. The van der Waals surface area contributed by atoms with Crippen LogP contribution in [0, 0.1) is 5.82 Å². The Morgan fingerprint density at radius 3 is 2.61 bits per heavy atom. The largest absolute Gasteiger partial charge is 0.497 e. The van der Waals surface area contributed by atoms with E-state index in [1.165, 1.54) is 34.3 Å². The molecule has 1 aliphatic rings. The van der Waals surface area contributed by atoms with Gasteiger partial charge in [0.2, 0.25) is 15.9 Å². The van der Waals surface area contributed by atoms with Crippen molar-refractivity contribution >= 4 is 27.7 Å². The van der Waals surface area contributed by atoms with E-state index >= 15 is 0 Å². The molecule has 1 saturated heterocycles. The van der Waals surface area contributed by atoms with Gasteiger partial charge < -0.3 is 9.64 Å². The maximum absolute atomic E-state index is 13.5.